The van der Waals surface area contributed by atoms with Crippen molar-refractivity contribution in [1.29, 1.82) is 0 Å². The predicted molar refractivity (Wildman–Crippen MR) is 119 cm³/mol. The minimum atomic E-state index is -3.66. The van der Waals surface area contributed by atoms with Crippen LogP contribution in [0.1, 0.15) is 0 Å². The lowest BCUT2D eigenvalue weighted by Crippen LogP contribution is -2.23. The van der Waals surface area contributed by atoms with Gasteiger partial charge in [0.25, 0.3) is 5.91 Å². The van der Waals surface area contributed by atoms with Crippen LogP contribution in [0, 0.1) is 0 Å². The number of nitrogens with zero attached hydrogens (tertiary/aromatic N) is 1. The fraction of sp³-hybridized carbons (Fsp3) is 0.136. The average molecular weight is 461 g/mol. The van der Waals surface area contributed by atoms with E-state index in [0.29, 0.717) is 17.2 Å². The van der Waals surface area contributed by atoms with E-state index in [1.54, 1.807) is 24.3 Å². The van der Waals surface area contributed by atoms with Crippen LogP contribution in [0.2, 0.25) is 5.02 Å². The van der Waals surface area contributed by atoms with Crippen LogP contribution in [0.4, 0.5) is 5.69 Å². The van der Waals surface area contributed by atoms with Crippen LogP contribution in [0.15, 0.2) is 77.7 Å². The van der Waals surface area contributed by atoms with Gasteiger partial charge in [0.2, 0.25) is 10.0 Å². The van der Waals surface area contributed by atoms with Gasteiger partial charge >= 0.3 is 0 Å². The Morgan fingerprint density at radius 2 is 1.61 bits per heavy atom. The summed E-state index contributed by atoms with van der Waals surface area (Å²) in [4.78, 5) is 12.3. The Bertz CT molecular complexity index is 1170. The van der Waals surface area contributed by atoms with Gasteiger partial charge in [0.15, 0.2) is 6.61 Å². The summed E-state index contributed by atoms with van der Waals surface area (Å²) in [5, 5.41) is 2.79. The number of ether oxygens (including phenoxy) is 2. The highest BCUT2D eigenvalue weighted by Crippen LogP contribution is 2.27. The molecule has 0 aliphatic carbocycles. The topological polar surface area (TPSA) is 84.9 Å². The second-order valence-electron chi connectivity index (χ2n) is 6.66. The number of hydrogen-bond donors (Lipinski definition) is 1. The summed E-state index contributed by atoms with van der Waals surface area (Å²) in [7, 11) is -0.815. The van der Waals surface area contributed by atoms with Crippen LogP contribution in [0.25, 0.3) is 0 Å². The van der Waals surface area contributed by atoms with E-state index in [0.717, 1.165) is 4.31 Å². The number of sulfonamides is 1. The molecule has 3 aromatic carbocycles. The lowest BCUT2D eigenvalue weighted by atomic mass is 10.3. The lowest BCUT2D eigenvalue weighted by Gasteiger charge is -2.14. The Morgan fingerprint density at radius 3 is 2.32 bits per heavy atom. The van der Waals surface area contributed by atoms with E-state index in [1.807, 2.05) is 30.3 Å². The second-order valence-corrected chi connectivity index (χ2v) is 9.21. The van der Waals surface area contributed by atoms with Gasteiger partial charge in [-0.15, -0.1) is 0 Å². The van der Waals surface area contributed by atoms with Gasteiger partial charge in [-0.3, -0.25) is 4.79 Å². The van der Waals surface area contributed by atoms with E-state index >= 15 is 0 Å². The number of carbonyl (C=O) groups is 1. The zero-order chi connectivity index (χ0) is 22.4. The van der Waals surface area contributed by atoms with Gasteiger partial charge in [0.1, 0.15) is 17.2 Å². The Labute approximate surface area is 186 Å². The van der Waals surface area contributed by atoms with Gasteiger partial charge in [-0.05, 0) is 42.5 Å². The first kappa shape index (κ1) is 22.6. The fourth-order valence-corrected chi connectivity index (χ4v) is 3.65. The minimum absolute atomic E-state index is 0.0175. The second kappa shape index (κ2) is 9.82. The Morgan fingerprint density at radius 1 is 0.935 bits per heavy atom. The predicted octanol–water partition coefficient (Wildman–Crippen LogP) is 4.40. The first-order chi connectivity index (χ1) is 14.8. The molecule has 0 aliphatic heterocycles. The molecule has 0 bridgehead atoms. The minimum Gasteiger partial charge on any atom is -0.484 e. The molecule has 0 unspecified atom stereocenters. The molecule has 0 saturated heterocycles. The largest absolute Gasteiger partial charge is 0.484 e. The number of nitrogens with one attached hydrogen (secondary N) is 1. The number of anilines is 1. The monoisotopic (exact) mass is 460 g/mol. The summed E-state index contributed by atoms with van der Waals surface area (Å²) in [5.41, 5.74) is 0.180. The van der Waals surface area contributed by atoms with Crippen LogP contribution in [-0.4, -0.2) is 39.3 Å². The zero-order valence-corrected chi connectivity index (χ0v) is 18.5. The number of rotatable bonds is 8. The molecule has 3 rings (SSSR count). The van der Waals surface area contributed by atoms with Gasteiger partial charge in [-0.2, -0.15) is 0 Å². The van der Waals surface area contributed by atoms with Crippen LogP contribution < -0.4 is 14.8 Å². The highest BCUT2D eigenvalue weighted by Gasteiger charge is 2.19. The van der Waals surface area contributed by atoms with Crippen molar-refractivity contribution >= 4 is 33.2 Å². The zero-order valence-electron chi connectivity index (χ0n) is 16.9. The first-order valence-electron chi connectivity index (χ1n) is 9.23. The highest BCUT2D eigenvalue weighted by atomic mass is 35.5. The molecule has 9 heteroatoms. The quantitative estimate of drug-likeness (QED) is 0.538. The molecule has 0 fully saturated rings. The Kier molecular flexibility index (Phi) is 7.17. The van der Waals surface area contributed by atoms with Crippen molar-refractivity contribution in [3.8, 4) is 17.2 Å². The molecule has 1 N–H and O–H groups in total. The summed E-state index contributed by atoms with van der Waals surface area (Å²) in [6.07, 6.45) is 0. The molecule has 0 saturated carbocycles. The third-order valence-corrected chi connectivity index (χ3v) is 6.29. The van der Waals surface area contributed by atoms with Gasteiger partial charge < -0.3 is 14.8 Å². The number of hydrogen-bond acceptors (Lipinski definition) is 5. The molecule has 0 atom stereocenters. The van der Waals surface area contributed by atoms with Gasteiger partial charge in [-0.1, -0.05) is 35.9 Å². The normalized spacial score (nSPS) is 11.2. The van der Waals surface area contributed by atoms with E-state index in [1.165, 1.54) is 32.3 Å². The Hall–Kier alpha value is -3.07. The summed E-state index contributed by atoms with van der Waals surface area (Å²) in [5.74, 6) is 1.20. The van der Waals surface area contributed by atoms with Gasteiger partial charge in [0.05, 0.1) is 15.6 Å². The first-order valence-corrected chi connectivity index (χ1v) is 11.1. The summed E-state index contributed by atoms with van der Waals surface area (Å²) < 4.78 is 36.9. The molecule has 7 nitrogen and oxygen atoms in total. The van der Waals surface area contributed by atoms with Gasteiger partial charge in [0, 0.05) is 20.2 Å². The molecule has 162 valence electrons. The molecule has 0 heterocycles. The highest BCUT2D eigenvalue weighted by molar-refractivity contribution is 7.89. The maximum Gasteiger partial charge on any atom is 0.262 e. The summed E-state index contributed by atoms with van der Waals surface area (Å²) >= 11 is 6.10. The molecular weight excluding hydrogens is 440 g/mol. The van der Waals surface area contributed by atoms with Crippen molar-refractivity contribution < 1.29 is 22.7 Å². The van der Waals surface area contributed by atoms with E-state index < -0.39 is 15.9 Å². The lowest BCUT2D eigenvalue weighted by molar-refractivity contribution is -0.118. The van der Waals surface area contributed by atoms with Crippen LogP contribution in [0.5, 0.6) is 17.2 Å². The molecule has 0 aliphatic rings. The van der Waals surface area contributed by atoms with Crippen molar-refractivity contribution in [3.05, 3.63) is 77.8 Å². The van der Waals surface area contributed by atoms with E-state index in [-0.39, 0.29) is 22.2 Å². The van der Waals surface area contributed by atoms with E-state index in [4.69, 9.17) is 21.1 Å². The smallest absolute Gasteiger partial charge is 0.262 e. The van der Waals surface area contributed by atoms with Crippen molar-refractivity contribution in [2.45, 2.75) is 4.90 Å². The number of amides is 1. The number of carbonyl (C=O) groups excluding carboxylic acids is 1. The maximum absolute atomic E-state index is 12.3. The van der Waals surface area contributed by atoms with Crippen molar-refractivity contribution in [2.24, 2.45) is 0 Å². The number of para-hydroxylation sites is 1. The van der Waals surface area contributed by atoms with Crippen molar-refractivity contribution in [2.75, 3.05) is 26.0 Å². The van der Waals surface area contributed by atoms with E-state index in [2.05, 4.69) is 5.32 Å². The standard InChI is InChI=1S/C22H21ClN2O5S/c1-25(2)31(27,28)19-11-12-20(23)21(14-19)24-22(26)15-29-17-9-6-10-18(13-17)30-16-7-4-3-5-8-16/h3-14H,15H2,1-2H3,(H,24,26). The van der Waals surface area contributed by atoms with Crippen LogP contribution >= 0.6 is 11.6 Å². The van der Waals surface area contributed by atoms with Crippen molar-refractivity contribution in [1.82, 2.24) is 4.31 Å². The maximum atomic E-state index is 12.3. The van der Waals surface area contributed by atoms with Gasteiger partial charge in [-0.25, -0.2) is 12.7 Å². The van der Waals surface area contributed by atoms with Crippen LogP contribution in [0.3, 0.4) is 0 Å². The third-order valence-electron chi connectivity index (χ3n) is 4.14. The molecular formula is C22H21ClN2O5S. The van der Waals surface area contributed by atoms with Crippen molar-refractivity contribution in [3.63, 3.8) is 0 Å². The Balaban J connectivity index is 1.64. The molecule has 1 amide bonds. The molecule has 0 spiro atoms. The molecule has 31 heavy (non-hydrogen) atoms. The summed E-state index contributed by atoms with van der Waals surface area (Å²) in [6.45, 7) is -0.296. The fourth-order valence-electron chi connectivity index (χ4n) is 2.56. The average Bonchev–Trinajstić information content (AvgIpc) is 2.74. The molecule has 3 aromatic rings. The van der Waals surface area contributed by atoms with E-state index in [9.17, 15) is 13.2 Å². The third kappa shape index (κ3) is 5.97. The summed E-state index contributed by atoms with van der Waals surface area (Å²) in [6, 6.07) is 20.3. The number of benzene rings is 3. The van der Waals surface area contributed by atoms with Crippen LogP contribution in [-0.2, 0) is 14.8 Å². The SMILES string of the molecule is CN(C)S(=O)(=O)c1ccc(Cl)c(NC(=O)COc2cccc(Oc3ccccc3)c2)c1. The number of halogens is 1. The molecule has 0 radical (unpaired) electrons. The molecule has 0 aromatic heterocycles.